The number of benzene rings is 1. The van der Waals surface area contributed by atoms with Gasteiger partial charge < -0.3 is 10.5 Å². The van der Waals surface area contributed by atoms with Crippen molar-refractivity contribution in [3.8, 4) is 0 Å². The van der Waals surface area contributed by atoms with Crippen LogP contribution in [-0.4, -0.2) is 27.4 Å². The quantitative estimate of drug-likeness (QED) is 0.794. The van der Waals surface area contributed by atoms with Crippen molar-refractivity contribution in [3.63, 3.8) is 0 Å². The van der Waals surface area contributed by atoms with Crippen molar-refractivity contribution >= 4 is 38.9 Å². The number of hydrogen-bond acceptors (Lipinski definition) is 6. The van der Waals surface area contributed by atoms with Crippen molar-refractivity contribution in [1.29, 1.82) is 0 Å². The Hall–Kier alpha value is -2.39. The standard InChI is InChI=1S/C14H14N2O5S2/c1-8-4-3-5-9(13(15)17)12(8)16-23(19,20)11-7-6-10(22-11)14(18)21-2/h3-7,16H,1-2H3,(H2,15,17). The number of amides is 1. The highest BCUT2D eigenvalue weighted by Gasteiger charge is 2.22. The predicted octanol–water partition coefficient (Wildman–Crippen LogP) is 1.74. The average molecular weight is 354 g/mol. The van der Waals surface area contributed by atoms with Crippen LogP contribution >= 0.6 is 11.3 Å². The molecule has 0 atom stereocenters. The van der Waals surface area contributed by atoms with Crippen LogP contribution in [0.4, 0.5) is 5.69 Å². The first-order valence-corrected chi connectivity index (χ1v) is 8.66. The molecule has 1 aromatic carbocycles. The van der Waals surface area contributed by atoms with Crippen LogP contribution in [0.25, 0.3) is 0 Å². The number of primary amides is 1. The van der Waals surface area contributed by atoms with Gasteiger partial charge in [0.25, 0.3) is 15.9 Å². The lowest BCUT2D eigenvalue weighted by Gasteiger charge is -2.12. The number of para-hydroxylation sites is 1. The smallest absolute Gasteiger partial charge is 0.348 e. The Bertz CT molecular complexity index is 871. The van der Waals surface area contributed by atoms with Crippen LogP contribution in [0, 0.1) is 6.92 Å². The normalized spacial score (nSPS) is 11.0. The minimum atomic E-state index is -3.96. The number of carbonyl (C=O) groups is 2. The number of nitrogens with two attached hydrogens (primary N) is 1. The maximum Gasteiger partial charge on any atom is 0.348 e. The van der Waals surface area contributed by atoms with Crippen molar-refractivity contribution in [2.75, 3.05) is 11.8 Å². The molecule has 7 nitrogen and oxygen atoms in total. The molecular formula is C14H14N2O5S2. The second-order valence-corrected chi connectivity index (χ2v) is 7.57. The van der Waals surface area contributed by atoms with Crippen LogP contribution in [-0.2, 0) is 14.8 Å². The molecule has 1 amide bonds. The van der Waals surface area contributed by atoms with E-state index in [9.17, 15) is 18.0 Å². The van der Waals surface area contributed by atoms with Crippen LogP contribution in [0.2, 0.25) is 0 Å². The minimum Gasteiger partial charge on any atom is -0.465 e. The highest BCUT2D eigenvalue weighted by Crippen LogP contribution is 2.27. The van der Waals surface area contributed by atoms with E-state index in [0.29, 0.717) is 5.56 Å². The van der Waals surface area contributed by atoms with E-state index in [2.05, 4.69) is 9.46 Å². The summed E-state index contributed by atoms with van der Waals surface area (Å²) in [6.45, 7) is 1.65. The molecule has 2 aromatic rings. The monoisotopic (exact) mass is 354 g/mol. The zero-order chi connectivity index (χ0) is 17.2. The summed E-state index contributed by atoms with van der Waals surface area (Å²) >= 11 is 0.771. The molecule has 23 heavy (non-hydrogen) atoms. The number of thiophene rings is 1. The molecule has 0 bridgehead atoms. The van der Waals surface area contributed by atoms with Crippen molar-refractivity contribution in [2.24, 2.45) is 5.73 Å². The lowest BCUT2D eigenvalue weighted by Crippen LogP contribution is -2.19. The topological polar surface area (TPSA) is 116 Å². The van der Waals surface area contributed by atoms with Gasteiger partial charge in [-0.2, -0.15) is 0 Å². The Morgan fingerprint density at radius 1 is 1.22 bits per heavy atom. The molecule has 0 aliphatic rings. The zero-order valence-electron chi connectivity index (χ0n) is 12.3. The van der Waals surface area contributed by atoms with Gasteiger partial charge in [-0.25, -0.2) is 13.2 Å². The number of carbonyl (C=O) groups excluding carboxylic acids is 2. The lowest BCUT2D eigenvalue weighted by atomic mass is 10.1. The van der Waals surface area contributed by atoms with Crippen molar-refractivity contribution in [3.05, 3.63) is 46.3 Å². The zero-order valence-corrected chi connectivity index (χ0v) is 14.0. The average Bonchev–Trinajstić information content (AvgIpc) is 2.99. The molecule has 1 heterocycles. The largest absolute Gasteiger partial charge is 0.465 e. The highest BCUT2D eigenvalue weighted by atomic mass is 32.2. The SMILES string of the molecule is COC(=O)c1ccc(S(=O)(=O)Nc2c(C)cccc2C(N)=O)s1. The third-order valence-corrected chi connectivity index (χ3v) is 5.91. The van der Waals surface area contributed by atoms with E-state index in [4.69, 9.17) is 5.73 Å². The third kappa shape index (κ3) is 3.51. The third-order valence-electron chi connectivity index (χ3n) is 3.01. The molecule has 122 valence electrons. The summed E-state index contributed by atoms with van der Waals surface area (Å²) in [5, 5.41) is 0. The summed E-state index contributed by atoms with van der Waals surface area (Å²) in [4.78, 5) is 23.0. The molecule has 2 rings (SSSR count). The Morgan fingerprint density at radius 3 is 2.52 bits per heavy atom. The molecule has 0 saturated carbocycles. The Morgan fingerprint density at radius 2 is 1.91 bits per heavy atom. The maximum absolute atomic E-state index is 12.4. The number of anilines is 1. The first kappa shape index (κ1) is 17.0. The fourth-order valence-electron chi connectivity index (χ4n) is 1.87. The van der Waals surface area contributed by atoms with Crippen LogP contribution in [0.5, 0.6) is 0 Å². The summed E-state index contributed by atoms with van der Waals surface area (Å²) in [7, 11) is -2.75. The van der Waals surface area contributed by atoms with Gasteiger partial charge in [0, 0.05) is 0 Å². The van der Waals surface area contributed by atoms with Crippen LogP contribution in [0.15, 0.2) is 34.5 Å². The first-order chi connectivity index (χ1) is 10.8. The van der Waals surface area contributed by atoms with Gasteiger partial charge >= 0.3 is 5.97 Å². The number of aryl methyl sites for hydroxylation is 1. The van der Waals surface area contributed by atoms with Gasteiger partial charge in [0.2, 0.25) is 0 Å². The van der Waals surface area contributed by atoms with E-state index < -0.39 is 21.9 Å². The molecular weight excluding hydrogens is 340 g/mol. The molecule has 0 radical (unpaired) electrons. The van der Waals surface area contributed by atoms with Crippen LogP contribution in [0.3, 0.4) is 0 Å². The number of sulfonamides is 1. The number of rotatable bonds is 5. The van der Waals surface area contributed by atoms with Crippen LogP contribution in [0.1, 0.15) is 25.6 Å². The van der Waals surface area contributed by atoms with Crippen molar-refractivity contribution in [1.82, 2.24) is 0 Å². The van der Waals surface area contributed by atoms with Gasteiger partial charge in [0.15, 0.2) is 0 Å². The molecule has 3 N–H and O–H groups in total. The number of nitrogens with one attached hydrogen (secondary N) is 1. The molecule has 9 heteroatoms. The lowest BCUT2D eigenvalue weighted by molar-refractivity contribution is 0.0606. The van der Waals surface area contributed by atoms with E-state index in [-0.39, 0.29) is 20.3 Å². The summed E-state index contributed by atoms with van der Waals surface area (Å²) in [6, 6.07) is 7.34. The predicted molar refractivity (Wildman–Crippen MR) is 86.2 cm³/mol. The first-order valence-electron chi connectivity index (χ1n) is 6.36. The number of hydrogen-bond donors (Lipinski definition) is 2. The van der Waals surface area contributed by atoms with Gasteiger partial charge in [0.1, 0.15) is 9.09 Å². The van der Waals surface area contributed by atoms with E-state index in [1.54, 1.807) is 19.1 Å². The van der Waals surface area contributed by atoms with Gasteiger partial charge in [-0.1, -0.05) is 12.1 Å². The molecule has 0 saturated heterocycles. The Kier molecular flexibility index (Phi) is 4.71. The second-order valence-electron chi connectivity index (χ2n) is 4.58. The summed E-state index contributed by atoms with van der Waals surface area (Å²) in [5.41, 5.74) is 6.01. The van der Waals surface area contributed by atoms with E-state index in [0.717, 1.165) is 11.3 Å². The van der Waals surface area contributed by atoms with E-state index in [1.807, 2.05) is 0 Å². The molecule has 0 fully saturated rings. The van der Waals surface area contributed by atoms with Gasteiger partial charge in [0.05, 0.1) is 18.4 Å². The Balaban J connectivity index is 2.42. The molecule has 0 spiro atoms. The van der Waals surface area contributed by atoms with Crippen molar-refractivity contribution in [2.45, 2.75) is 11.1 Å². The minimum absolute atomic E-state index is 0.0679. The van der Waals surface area contributed by atoms with Gasteiger partial charge in [-0.05, 0) is 30.7 Å². The molecule has 0 unspecified atom stereocenters. The molecule has 0 aliphatic carbocycles. The second kappa shape index (κ2) is 6.39. The number of esters is 1. The van der Waals surface area contributed by atoms with Gasteiger partial charge in [-0.15, -0.1) is 11.3 Å². The number of methoxy groups -OCH3 is 1. The van der Waals surface area contributed by atoms with E-state index in [1.165, 1.54) is 25.3 Å². The van der Waals surface area contributed by atoms with Crippen LogP contribution < -0.4 is 10.5 Å². The van der Waals surface area contributed by atoms with Gasteiger partial charge in [-0.3, -0.25) is 9.52 Å². The molecule has 1 aromatic heterocycles. The summed E-state index contributed by atoms with van der Waals surface area (Å²) < 4.78 is 31.7. The van der Waals surface area contributed by atoms with Crippen molar-refractivity contribution < 1.29 is 22.7 Å². The Labute approximate surface area is 137 Å². The fourth-order valence-corrected chi connectivity index (χ4v) is 4.24. The molecule has 0 aliphatic heterocycles. The maximum atomic E-state index is 12.4. The summed E-state index contributed by atoms with van der Waals surface area (Å²) in [5.74, 6) is -1.36. The fraction of sp³-hybridized carbons (Fsp3) is 0.143. The number of ether oxygens (including phenoxy) is 1. The van der Waals surface area contributed by atoms with E-state index >= 15 is 0 Å². The highest BCUT2D eigenvalue weighted by molar-refractivity contribution is 7.94. The summed E-state index contributed by atoms with van der Waals surface area (Å²) in [6.07, 6.45) is 0.